The van der Waals surface area contributed by atoms with E-state index in [1.807, 2.05) is 26.2 Å². The Kier molecular flexibility index (Phi) is 6.37. The topological polar surface area (TPSA) is 21.3 Å². The Morgan fingerprint density at radius 3 is 2.82 bits per heavy atom. The van der Waals surface area contributed by atoms with Crippen LogP contribution in [0.2, 0.25) is 0 Å². The van der Waals surface area contributed by atoms with Gasteiger partial charge in [0.05, 0.1) is 6.61 Å². The lowest BCUT2D eigenvalue weighted by Gasteiger charge is -2.14. The molecule has 0 aliphatic heterocycles. The molecule has 0 heterocycles. The monoisotopic (exact) mass is 257 g/mol. The quantitative estimate of drug-likeness (QED) is 0.758. The molecule has 1 aromatic carbocycles. The zero-order chi connectivity index (χ0) is 12.7. The van der Waals surface area contributed by atoms with E-state index in [0.29, 0.717) is 17.9 Å². The van der Waals surface area contributed by atoms with Crippen LogP contribution in [0.4, 0.5) is 4.39 Å². The summed E-state index contributed by atoms with van der Waals surface area (Å²) in [6.45, 7) is 5.40. The standard InChI is InChI=1S/C13H20FNOS/c1-4-15-10(2)12-6-5-11(9-13(12)14)16-7-8-17-3/h5-6,9-10,15H,4,7-8H2,1-3H3. The van der Waals surface area contributed by atoms with Crippen molar-refractivity contribution >= 4 is 11.8 Å². The molecule has 4 heteroatoms. The molecule has 0 saturated heterocycles. The molecular weight excluding hydrogens is 237 g/mol. The molecule has 0 fully saturated rings. The van der Waals surface area contributed by atoms with Gasteiger partial charge in [-0.15, -0.1) is 0 Å². The molecule has 0 bridgehead atoms. The van der Waals surface area contributed by atoms with Crippen LogP contribution >= 0.6 is 11.8 Å². The molecule has 0 spiro atoms. The molecule has 0 amide bonds. The molecule has 0 aliphatic carbocycles. The van der Waals surface area contributed by atoms with Gasteiger partial charge in [-0.3, -0.25) is 0 Å². The predicted molar refractivity (Wildman–Crippen MR) is 72.4 cm³/mol. The van der Waals surface area contributed by atoms with Crippen LogP contribution in [0, 0.1) is 5.82 Å². The normalized spacial score (nSPS) is 12.5. The van der Waals surface area contributed by atoms with Gasteiger partial charge in [0.25, 0.3) is 0 Å². The van der Waals surface area contributed by atoms with Crippen molar-refractivity contribution in [2.45, 2.75) is 19.9 Å². The summed E-state index contributed by atoms with van der Waals surface area (Å²) < 4.78 is 19.2. The summed E-state index contributed by atoms with van der Waals surface area (Å²) in [5, 5.41) is 3.19. The molecule has 96 valence electrons. The Hall–Kier alpha value is -0.740. The van der Waals surface area contributed by atoms with E-state index in [-0.39, 0.29) is 11.9 Å². The van der Waals surface area contributed by atoms with E-state index in [0.717, 1.165) is 12.3 Å². The highest BCUT2D eigenvalue weighted by molar-refractivity contribution is 7.98. The van der Waals surface area contributed by atoms with Crippen molar-refractivity contribution in [1.29, 1.82) is 0 Å². The first-order chi connectivity index (χ1) is 8.19. The molecule has 1 N–H and O–H groups in total. The Morgan fingerprint density at radius 2 is 2.24 bits per heavy atom. The van der Waals surface area contributed by atoms with Gasteiger partial charge in [0.2, 0.25) is 0 Å². The van der Waals surface area contributed by atoms with Crippen LogP contribution in [0.25, 0.3) is 0 Å². The van der Waals surface area contributed by atoms with Gasteiger partial charge in [0.15, 0.2) is 0 Å². The number of hydrogen-bond donors (Lipinski definition) is 1. The second kappa shape index (κ2) is 7.56. The van der Waals surface area contributed by atoms with Crippen molar-refractivity contribution in [1.82, 2.24) is 5.32 Å². The number of ether oxygens (including phenoxy) is 1. The molecular formula is C13H20FNOS. The minimum absolute atomic E-state index is 0.0280. The highest BCUT2D eigenvalue weighted by atomic mass is 32.2. The van der Waals surface area contributed by atoms with Crippen molar-refractivity contribution in [2.75, 3.05) is 25.2 Å². The van der Waals surface area contributed by atoms with E-state index < -0.39 is 0 Å². The lowest BCUT2D eigenvalue weighted by Crippen LogP contribution is -2.18. The van der Waals surface area contributed by atoms with Gasteiger partial charge in [-0.05, 0) is 25.8 Å². The molecule has 1 rings (SSSR count). The summed E-state index contributed by atoms with van der Waals surface area (Å²) >= 11 is 1.71. The first kappa shape index (κ1) is 14.3. The third kappa shape index (κ3) is 4.56. The maximum Gasteiger partial charge on any atom is 0.131 e. The Morgan fingerprint density at radius 1 is 1.47 bits per heavy atom. The number of benzene rings is 1. The molecule has 0 aliphatic rings. The van der Waals surface area contributed by atoms with E-state index >= 15 is 0 Å². The second-order valence-corrected chi connectivity index (χ2v) is 4.79. The highest BCUT2D eigenvalue weighted by Crippen LogP contribution is 2.21. The Bertz CT molecular complexity index is 346. The number of thioether (sulfide) groups is 1. The van der Waals surface area contributed by atoms with Crippen molar-refractivity contribution in [3.8, 4) is 5.75 Å². The van der Waals surface area contributed by atoms with Crippen LogP contribution in [-0.4, -0.2) is 25.2 Å². The fourth-order valence-electron chi connectivity index (χ4n) is 1.61. The summed E-state index contributed by atoms with van der Waals surface area (Å²) in [5.74, 6) is 1.31. The molecule has 0 aromatic heterocycles. The van der Waals surface area contributed by atoms with Gasteiger partial charge >= 0.3 is 0 Å². The van der Waals surface area contributed by atoms with Crippen molar-refractivity contribution in [2.24, 2.45) is 0 Å². The zero-order valence-electron chi connectivity index (χ0n) is 10.6. The maximum atomic E-state index is 13.8. The van der Waals surface area contributed by atoms with Crippen LogP contribution in [0.5, 0.6) is 5.75 Å². The van der Waals surface area contributed by atoms with E-state index in [2.05, 4.69) is 5.32 Å². The minimum atomic E-state index is -0.208. The predicted octanol–water partition coefficient (Wildman–Crippen LogP) is 3.24. The van der Waals surface area contributed by atoms with E-state index in [4.69, 9.17) is 4.74 Å². The molecule has 1 unspecified atom stereocenters. The van der Waals surface area contributed by atoms with Crippen LogP contribution < -0.4 is 10.1 Å². The van der Waals surface area contributed by atoms with Gasteiger partial charge in [0.1, 0.15) is 11.6 Å². The van der Waals surface area contributed by atoms with Crippen LogP contribution in [0.1, 0.15) is 25.5 Å². The summed E-state index contributed by atoms with van der Waals surface area (Å²) in [6.07, 6.45) is 2.02. The summed E-state index contributed by atoms with van der Waals surface area (Å²) in [5.41, 5.74) is 0.684. The fraction of sp³-hybridized carbons (Fsp3) is 0.538. The first-order valence-corrected chi connectivity index (χ1v) is 7.23. The second-order valence-electron chi connectivity index (χ2n) is 3.80. The molecule has 17 heavy (non-hydrogen) atoms. The van der Waals surface area contributed by atoms with Crippen molar-refractivity contribution in [3.05, 3.63) is 29.6 Å². The van der Waals surface area contributed by atoms with E-state index in [1.54, 1.807) is 17.8 Å². The first-order valence-electron chi connectivity index (χ1n) is 5.83. The van der Waals surface area contributed by atoms with E-state index in [1.165, 1.54) is 6.07 Å². The molecule has 1 atom stereocenters. The van der Waals surface area contributed by atoms with Gasteiger partial charge in [0, 0.05) is 23.4 Å². The largest absolute Gasteiger partial charge is 0.493 e. The molecule has 0 saturated carbocycles. The maximum absolute atomic E-state index is 13.8. The Labute approximate surface area is 107 Å². The Balaban J connectivity index is 2.65. The lowest BCUT2D eigenvalue weighted by molar-refractivity contribution is 0.341. The van der Waals surface area contributed by atoms with Gasteiger partial charge < -0.3 is 10.1 Å². The van der Waals surface area contributed by atoms with Crippen molar-refractivity contribution in [3.63, 3.8) is 0 Å². The summed E-state index contributed by atoms with van der Waals surface area (Å²) in [6, 6.07) is 5.10. The van der Waals surface area contributed by atoms with Crippen LogP contribution in [0.15, 0.2) is 18.2 Å². The number of halogens is 1. The molecule has 1 aromatic rings. The van der Waals surface area contributed by atoms with Gasteiger partial charge in [-0.2, -0.15) is 11.8 Å². The van der Waals surface area contributed by atoms with Gasteiger partial charge in [-0.25, -0.2) is 4.39 Å². The molecule has 0 radical (unpaired) electrons. The highest BCUT2D eigenvalue weighted by Gasteiger charge is 2.10. The number of rotatable bonds is 7. The van der Waals surface area contributed by atoms with Gasteiger partial charge in [-0.1, -0.05) is 13.0 Å². The number of hydrogen-bond acceptors (Lipinski definition) is 3. The van der Waals surface area contributed by atoms with Crippen LogP contribution in [-0.2, 0) is 0 Å². The smallest absolute Gasteiger partial charge is 0.131 e. The third-order valence-electron chi connectivity index (χ3n) is 2.50. The average Bonchev–Trinajstić information content (AvgIpc) is 2.29. The zero-order valence-corrected chi connectivity index (χ0v) is 11.4. The lowest BCUT2D eigenvalue weighted by atomic mass is 10.1. The van der Waals surface area contributed by atoms with E-state index in [9.17, 15) is 4.39 Å². The molecule has 2 nitrogen and oxygen atoms in total. The average molecular weight is 257 g/mol. The van der Waals surface area contributed by atoms with Crippen LogP contribution in [0.3, 0.4) is 0 Å². The summed E-state index contributed by atoms with van der Waals surface area (Å²) in [4.78, 5) is 0. The summed E-state index contributed by atoms with van der Waals surface area (Å²) in [7, 11) is 0. The number of nitrogens with one attached hydrogen (secondary N) is 1. The fourth-order valence-corrected chi connectivity index (χ4v) is 1.86. The minimum Gasteiger partial charge on any atom is -0.493 e. The SMILES string of the molecule is CCNC(C)c1ccc(OCCSC)cc1F. The van der Waals surface area contributed by atoms with Crippen molar-refractivity contribution < 1.29 is 9.13 Å². The third-order valence-corrected chi connectivity index (χ3v) is 3.08.